The Morgan fingerprint density at radius 3 is 2.73 bits per heavy atom. The zero-order valence-electron chi connectivity index (χ0n) is 14.2. The maximum Gasteiger partial charge on any atom is 0.261 e. The highest BCUT2D eigenvalue weighted by Gasteiger charge is 2.20. The topological polar surface area (TPSA) is 76.9 Å². The van der Waals surface area contributed by atoms with Crippen LogP contribution in [0.1, 0.15) is 17.5 Å². The fraction of sp³-hybridized carbons (Fsp3) is 0.222. The Morgan fingerprint density at radius 1 is 1.12 bits per heavy atom. The minimum Gasteiger partial charge on any atom is -0.311 e. The van der Waals surface area contributed by atoms with Gasteiger partial charge in [0.25, 0.3) is 10.0 Å². The van der Waals surface area contributed by atoms with E-state index < -0.39 is 10.0 Å². The number of hydrogen-bond donors (Lipinski definition) is 1. The highest BCUT2D eigenvalue weighted by Crippen LogP contribution is 2.33. The van der Waals surface area contributed by atoms with Gasteiger partial charge in [-0.2, -0.15) is 0 Å². The molecule has 3 aromatic rings. The zero-order chi connectivity index (χ0) is 18.1. The van der Waals surface area contributed by atoms with Gasteiger partial charge in [-0.15, -0.1) is 10.2 Å². The number of benzene rings is 2. The molecule has 2 aromatic carbocycles. The van der Waals surface area contributed by atoms with E-state index in [4.69, 9.17) is 0 Å². The van der Waals surface area contributed by atoms with E-state index in [1.165, 1.54) is 17.3 Å². The molecule has 0 aliphatic heterocycles. The molecule has 1 heterocycles. The molecule has 0 atom stereocenters. The van der Waals surface area contributed by atoms with E-state index in [-0.39, 0.29) is 0 Å². The second kappa shape index (κ2) is 6.77. The molecule has 0 bridgehead atoms. The Hall–Kier alpha value is -2.32. The SMILES string of the molecule is Cn1cnnc1Sc1ccccc1NS(=O)(=O)c1ccc2c(c1)CCC2. The van der Waals surface area contributed by atoms with Crippen molar-refractivity contribution < 1.29 is 8.42 Å². The van der Waals surface area contributed by atoms with Gasteiger partial charge in [-0.05, 0) is 66.4 Å². The molecule has 1 aliphatic rings. The first-order valence-electron chi connectivity index (χ1n) is 8.28. The molecule has 0 amide bonds. The molecule has 134 valence electrons. The van der Waals surface area contributed by atoms with E-state index in [0.29, 0.717) is 15.7 Å². The molecule has 0 saturated heterocycles. The summed E-state index contributed by atoms with van der Waals surface area (Å²) in [5.41, 5.74) is 2.91. The van der Waals surface area contributed by atoms with Gasteiger partial charge in [-0.25, -0.2) is 8.42 Å². The summed E-state index contributed by atoms with van der Waals surface area (Å²) < 4.78 is 30.2. The van der Waals surface area contributed by atoms with Crippen molar-refractivity contribution in [2.45, 2.75) is 34.2 Å². The van der Waals surface area contributed by atoms with E-state index in [1.54, 1.807) is 35.2 Å². The van der Waals surface area contributed by atoms with E-state index in [9.17, 15) is 8.42 Å². The van der Waals surface area contributed by atoms with Crippen LogP contribution in [0.5, 0.6) is 0 Å². The molecular formula is C18H18N4O2S2. The van der Waals surface area contributed by atoms with Crippen molar-refractivity contribution in [3.05, 3.63) is 59.9 Å². The van der Waals surface area contributed by atoms with E-state index in [0.717, 1.165) is 29.7 Å². The summed E-state index contributed by atoms with van der Waals surface area (Å²) in [5.74, 6) is 0. The zero-order valence-corrected chi connectivity index (χ0v) is 15.8. The Labute approximate surface area is 156 Å². The summed E-state index contributed by atoms with van der Waals surface area (Å²) in [7, 11) is -1.81. The van der Waals surface area contributed by atoms with E-state index in [2.05, 4.69) is 14.9 Å². The summed E-state index contributed by atoms with van der Waals surface area (Å²) in [5, 5.41) is 8.59. The van der Waals surface area contributed by atoms with Gasteiger partial charge < -0.3 is 4.57 Å². The average Bonchev–Trinajstić information content (AvgIpc) is 3.25. The number of nitrogens with one attached hydrogen (secondary N) is 1. The summed E-state index contributed by atoms with van der Waals surface area (Å²) in [6, 6.07) is 12.7. The number of hydrogen-bond acceptors (Lipinski definition) is 5. The maximum atomic E-state index is 12.9. The maximum absolute atomic E-state index is 12.9. The molecule has 0 unspecified atom stereocenters. The number of aryl methyl sites for hydroxylation is 3. The van der Waals surface area contributed by atoms with E-state index in [1.807, 2.05) is 25.2 Å². The van der Waals surface area contributed by atoms with Crippen molar-refractivity contribution in [1.29, 1.82) is 0 Å². The minimum atomic E-state index is -3.65. The van der Waals surface area contributed by atoms with Crippen LogP contribution in [0, 0.1) is 0 Å². The number of anilines is 1. The summed E-state index contributed by atoms with van der Waals surface area (Å²) >= 11 is 1.37. The molecule has 1 aliphatic carbocycles. The minimum absolute atomic E-state index is 0.302. The van der Waals surface area contributed by atoms with Crippen LogP contribution >= 0.6 is 11.8 Å². The fourth-order valence-electron chi connectivity index (χ4n) is 3.02. The normalized spacial score (nSPS) is 13.6. The number of para-hydroxylation sites is 1. The van der Waals surface area contributed by atoms with Crippen molar-refractivity contribution in [2.24, 2.45) is 7.05 Å². The highest BCUT2D eigenvalue weighted by molar-refractivity contribution is 7.99. The van der Waals surface area contributed by atoms with E-state index >= 15 is 0 Å². The van der Waals surface area contributed by atoms with Gasteiger partial charge in [0.2, 0.25) is 0 Å². The van der Waals surface area contributed by atoms with Crippen molar-refractivity contribution >= 4 is 27.5 Å². The lowest BCUT2D eigenvalue weighted by Crippen LogP contribution is -2.14. The van der Waals surface area contributed by atoms with Crippen molar-refractivity contribution in [1.82, 2.24) is 14.8 Å². The first-order valence-corrected chi connectivity index (χ1v) is 10.6. The van der Waals surface area contributed by atoms with Gasteiger partial charge in [0, 0.05) is 11.9 Å². The molecule has 26 heavy (non-hydrogen) atoms. The third-order valence-electron chi connectivity index (χ3n) is 4.38. The standard InChI is InChI=1S/C18H18N4O2S2/c1-22-12-19-20-18(22)25-17-8-3-2-7-16(17)21-26(23,24)15-10-9-13-5-4-6-14(13)11-15/h2-3,7-12,21H,4-6H2,1H3. The Morgan fingerprint density at radius 2 is 1.92 bits per heavy atom. The van der Waals surface area contributed by atoms with Gasteiger partial charge in [0.05, 0.1) is 10.6 Å². The first kappa shape index (κ1) is 17.1. The molecule has 0 radical (unpaired) electrons. The van der Waals surface area contributed by atoms with Gasteiger partial charge in [0.15, 0.2) is 5.16 Å². The molecule has 1 N–H and O–H groups in total. The first-order chi connectivity index (χ1) is 12.5. The largest absolute Gasteiger partial charge is 0.311 e. The summed E-state index contributed by atoms with van der Waals surface area (Å²) in [6.07, 6.45) is 4.67. The van der Waals surface area contributed by atoms with Crippen LogP contribution in [0.4, 0.5) is 5.69 Å². The summed E-state index contributed by atoms with van der Waals surface area (Å²) in [4.78, 5) is 1.07. The van der Waals surface area contributed by atoms with Crippen LogP contribution in [0.2, 0.25) is 0 Å². The Kier molecular flexibility index (Phi) is 4.46. The van der Waals surface area contributed by atoms with Crippen molar-refractivity contribution in [2.75, 3.05) is 4.72 Å². The smallest absolute Gasteiger partial charge is 0.261 e. The predicted octanol–water partition coefficient (Wildman–Crippen LogP) is 3.26. The third kappa shape index (κ3) is 3.34. The number of rotatable bonds is 5. The lowest BCUT2D eigenvalue weighted by molar-refractivity contribution is 0.601. The van der Waals surface area contributed by atoms with Crippen molar-refractivity contribution in [3.8, 4) is 0 Å². The molecule has 1 aromatic heterocycles. The molecule has 4 rings (SSSR count). The van der Waals surface area contributed by atoms with Crippen LogP contribution in [-0.4, -0.2) is 23.2 Å². The summed E-state index contributed by atoms with van der Waals surface area (Å²) in [6.45, 7) is 0. The molecule has 0 fully saturated rings. The molecule has 6 nitrogen and oxygen atoms in total. The third-order valence-corrected chi connectivity index (χ3v) is 6.87. The molecule has 8 heteroatoms. The second-order valence-electron chi connectivity index (χ2n) is 6.21. The van der Waals surface area contributed by atoms with Gasteiger partial charge in [-0.1, -0.05) is 18.2 Å². The van der Waals surface area contributed by atoms with Crippen LogP contribution in [-0.2, 0) is 29.9 Å². The van der Waals surface area contributed by atoms with Gasteiger partial charge >= 0.3 is 0 Å². The van der Waals surface area contributed by atoms with Crippen LogP contribution in [0.3, 0.4) is 0 Å². The fourth-order valence-corrected chi connectivity index (χ4v) is 5.07. The monoisotopic (exact) mass is 386 g/mol. The van der Waals surface area contributed by atoms with Gasteiger partial charge in [-0.3, -0.25) is 4.72 Å². The average molecular weight is 387 g/mol. The molecule has 0 spiro atoms. The lowest BCUT2D eigenvalue weighted by atomic mass is 10.1. The quantitative estimate of drug-likeness (QED) is 0.728. The van der Waals surface area contributed by atoms with Crippen LogP contribution < -0.4 is 4.72 Å². The Bertz CT molecular complexity index is 1060. The number of fused-ring (bicyclic) bond motifs is 1. The van der Waals surface area contributed by atoms with Crippen LogP contribution in [0.15, 0.2) is 63.7 Å². The van der Waals surface area contributed by atoms with Gasteiger partial charge in [0.1, 0.15) is 6.33 Å². The number of sulfonamides is 1. The predicted molar refractivity (Wildman–Crippen MR) is 101 cm³/mol. The molecular weight excluding hydrogens is 368 g/mol. The van der Waals surface area contributed by atoms with Crippen LogP contribution in [0.25, 0.3) is 0 Å². The van der Waals surface area contributed by atoms with Crippen molar-refractivity contribution in [3.63, 3.8) is 0 Å². The lowest BCUT2D eigenvalue weighted by Gasteiger charge is -2.13. The number of aromatic nitrogens is 3. The highest BCUT2D eigenvalue weighted by atomic mass is 32.2. The second-order valence-corrected chi connectivity index (χ2v) is 8.90. The Balaban J connectivity index is 1.63. The molecule has 0 saturated carbocycles. The number of nitrogens with zero attached hydrogens (tertiary/aromatic N) is 3.